The third kappa shape index (κ3) is 3.40. The standard InChI is InChI=1S/C25H21FN2O3/c1-31-18-6-3-16(4-7-18)25-24-19(20-13-17(29)5-9-22(20)27-24)10-11-28(25)14-15-2-8-21(26)23(30)12-15/h2-9,12-14,25,27H,10-11H2,1H3,(H-,29,30)/p+1. The molecule has 1 unspecified atom stereocenters. The van der Waals surface area contributed by atoms with E-state index in [1.807, 2.05) is 36.5 Å². The van der Waals surface area contributed by atoms with E-state index in [0.717, 1.165) is 46.4 Å². The minimum Gasteiger partial charge on any atom is -0.508 e. The normalized spacial score (nSPS) is 17.1. The van der Waals surface area contributed by atoms with Gasteiger partial charge in [-0.2, -0.15) is 0 Å². The summed E-state index contributed by atoms with van der Waals surface area (Å²) < 4.78 is 21.0. The maximum Gasteiger partial charge on any atom is 0.218 e. The average molecular weight is 417 g/mol. The van der Waals surface area contributed by atoms with Gasteiger partial charge < -0.3 is 19.9 Å². The Hall–Kier alpha value is -3.80. The topological polar surface area (TPSA) is 68.5 Å². The molecule has 4 aromatic rings. The van der Waals surface area contributed by atoms with Gasteiger partial charge >= 0.3 is 0 Å². The van der Waals surface area contributed by atoms with Crippen molar-refractivity contribution >= 4 is 17.1 Å². The van der Waals surface area contributed by atoms with Crippen LogP contribution < -0.4 is 4.74 Å². The summed E-state index contributed by atoms with van der Waals surface area (Å²) in [4.78, 5) is 3.54. The molecule has 1 aromatic heterocycles. The number of fused-ring (bicyclic) bond motifs is 3. The van der Waals surface area contributed by atoms with E-state index >= 15 is 0 Å². The monoisotopic (exact) mass is 417 g/mol. The van der Waals surface area contributed by atoms with Crippen LogP contribution in [0.3, 0.4) is 0 Å². The number of hydrogen-bond donors (Lipinski definition) is 3. The quantitative estimate of drug-likeness (QED) is 0.430. The number of benzene rings is 3. The van der Waals surface area contributed by atoms with Crippen molar-refractivity contribution in [3.63, 3.8) is 0 Å². The summed E-state index contributed by atoms with van der Waals surface area (Å²) in [5.41, 5.74) is 5.00. The number of nitrogens with zero attached hydrogens (tertiary/aromatic N) is 1. The van der Waals surface area contributed by atoms with E-state index in [9.17, 15) is 14.6 Å². The van der Waals surface area contributed by atoms with Gasteiger partial charge in [0.05, 0.1) is 12.8 Å². The highest BCUT2D eigenvalue weighted by Crippen LogP contribution is 2.38. The van der Waals surface area contributed by atoms with Gasteiger partial charge in [0.25, 0.3) is 0 Å². The number of ether oxygens (including phenoxy) is 1. The fourth-order valence-corrected chi connectivity index (χ4v) is 4.38. The van der Waals surface area contributed by atoms with Crippen LogP contribution in [-0.4, -0.2) is 39.6 Å². The second kappa shape index (κ2) is 7.47. The van der Waals surface area contributed by atoms with Crippen LogP contribution in [0.5, 0.6) is 17.2 Å². The Balaban J connectivity index is 1.68. The van der Waals surface area contributed by atoms with E-state index in [0.29, 0.717) is 0 Å². The third-order valence-corrected chi connectivity index (χ3v) is 5.86. The Morgan fingerprint density at radius 2 is 1.87 bits per heavy atom. The molecule has 3 aromatic carbocycles. The summed E-state index contributed by atoms with van der Waals surface area (Å²) in [5.74, 6) is 0.0140. The van der Waals surface area contributed by atoms with Gasteiger partial charge in [-0.25, -0.2) is 8.97 Å². The smallest absolute Gasteiger partial charge is 0.218 e. The second-order valence-corrected chi connectivity index (χ2v) is 7.75. The molecule has 1 aliphatic heterocycles. The van der Waals surface area contributed by atoms with Crippen molar-refractivity contribution in [1.29, 1.82) is 0 Å². The first-order valence-corrected chi connectivity index (χ1v) is 10.1. The molecule has 156 valence electrons. The van der Waals surface area contributed by atoms with E-state index in [-0.39, 0.29) is 17.5 Å². The van der Waals surface area contributed by atoms with Crippen LogP contribution in [0.1, 0.15) is 28.4 Å². The van der Waals surface area contributed by atoms with Gasteiger partial charge in [0, 0.05) is 28.5 Å². The minimum atomic E-state index is -0.639. The van der Waals surface area contributed by atoms with Crippen LogP contribution in [0.15, 0.2) is 60.7 Å². The number of methoxy groups -OCH3 is 1. The third-order valence-electron chi connectivity index (χ3n) is 5.86. The molecule has 1 aliphatic rings. The molecular weight excluding hydrogens is 395 g/mol. The number of hydrogen-bond acceptors (Lipinski definition) is 3. The number of halogens is 1. The molecule has 0 bridgehead atoms. The van der Waals surface area contributed by atoms with Crippen LogP contribution >= 0.6 is 0 Å². The van der Waals surface area contributed by atoms with Crippen LogP contribution in [-0.2, 0) is 6.42 Å². The van der Waals surface area contributed by atoms with Gasteiger partial charge in [-0.15, -0.1) is 0 Å². The summed E-state index contributed by atoms with van der Waals surface area (Å²) in [6, 6.07) is 17.5. The number of phenolic OH excluding ortho intramolecular Hbond substituents is 2. The number of H-pyrrole nitrogens is 1. The second-order valence-electron chi connectivity index (χ2n) is 7.75. The largest absolute Gasteiger partial charge is 0.508 e. The minimum absolute atomic E-state index is 0.114. The van der Waals surface area contributed by atoms with Crippen molar-refractivity contribution in [2.24, 2.45) is 0 Å². The number of aromatic hydroxyl groups is 2. The number of rotatable bonds is 3. The van der Waals surface area contributed by atoms with E-state index in [4.69, 9.17) is 4.74 Å². The van der Waals surface area contributed by atoms with Crippen molar-refractivity contribution in [3.8, 4) is 17.2 Å². The van der Waals surface area contributed by atoms with Crippen molar-refractivity contribution in [1.82, 2.24) is 4.98 Å². The Labute approximate surface area is 178 Å². The lowest BCUT2D eigenvalue weighted by molar-refractivity contribution is -0.562. The number of aromatic nitrogens is 1. The molecule has 2 heterocycles. The van der Waals surface area contributed by atoms with Crippen molar-refractivity contribution in [2.75, 3.05) is 13.7 Å². The molecule has 0 radical (unpaired) electrons. The first-order chi connectivity index (χ1) is 15.0. The number of aromatic amines is 1. The Morgan fingerprint density at radius 3 is 2.61 bits per heavy atom. The summed E-state index contributed by atoms with van der Waals surface area (Å²) >= 11 is 0. The van der Waals surface area contributed by atoms with Crippen molar-refractivity contribution in [2.45, 2.75) is 12.5 Å². The summed E-state index contributed by atoms with van der Waals surface area (Å²) in [6.07, 6.45) is 2.73. The molecule has 3 N–H and O–H groups in total. The van der Waals surface area contributed by atoms with E-state index in [1.165, 1.54) is 17.7 Å². The molecule has 0 spiro atoms. The number of nitrogens with one attached hydrogen (secondary N) is 1. The molecule has 1 atom stereocenters. The van der Waals surface area contributed by atoms with Gasteiger partial charge in [-0.1, -0.05) is 0 Å². The predicted molar refractivity (Wildman–Crippen MR) is 117 cm³/mol. The van der Waals surface area contributed by atoms with E-state index < -0.39 is 5.82 Å². The molecule has 0 saturated heterocycles. The average Bonchev–Trinajstić information content (AvgIpc) is 3.14. The number of phenols is 2. The molecule has 0 saturated carbocycles. The molecule has 5 rings (SSSR count). The SMILES string of the molecule is COc1ccc(C2c3[nH]c4ccc(O)cc4c3CC[N+]2=Cc2ccc(F)c(O)c2)cc1. The zero-order chi connectivity index (χ0) is 21.5. The highest BCUT2D eigenvalue weighted by atomic mass is 19.1. The van der Waals surface area contributed by atoms with Crippen molar-refractivity contribution in [3.05, 3.63) is 88.9 Å². The molecule has 0 amide bonds. The zero-order valence-electron chi connectivity index (χ0n) is 17.0. The molecule has 0 aliphatic carbocycles. The lowest BCUT2D eigenvalue weighted by Crippen LogP contribution is -2.29. The lowest BCUT2D eigenvalue weighted by Gasteiger charge is -2.22. The van der Waals surface area contributed by atoms with Gasteiger partial charge in [-0.05, 0) is 66.2 Å². The van der Waals surface area contributed by atoms with Crippen molar-refractivity contribution < 1.29 is 23.9 Å². The molecule has 31 heavy (non-hydrogen) atoms. The molecule has 0 fully saturated rings. The van der Waals surface area contributed by atoms with Gasteiger partial charge in [0.2, 0.25) is 6.04 Å². The molecular formula is C25H22FN2O3+. The first-order valence-electron chi connectivity index (χ1n) is 10.1. The van der Waals surface area contributed by atoms with E-state index in [2.05, 4.69) is 9.56 Å². The van der Waals surface area contributed by atoms with E-state index in [1.54, 1.807) is 25.3 Å². The lowest BCUT2D eigenvalue weighted by atomic mass is 9.93. The van der Waals surface area contributed by atoms with Gasteiger partial charge in [-0.3, -0.25) is 0 Å². The summed E-state index contributed by atoms with van der Waals surface area (Å²) in [7, 11) is 1.64. The Bertz CT molecular complexity index is 1310. The maximum absolute atomic E-state index is 13.5. The van der Waals surface area contributed by atoms with Gasteiger partial charge in [0.1, 0.15) is 18.0 Å². The first kappa shape index (κ1) is 19.2. The fraction of sp³-hybridized carbons (Fsp3) is 0.160. The summed E-state index contributed by atoms with van der Waals surface area (Å²) in [6.45, 7) is 0.727. The highest BCUT2D eigenvalue weighted by Gasteiger charge is 2.35. The zero-order valence-corrected chi connectivity index (χ0v) is 17.0. The summed E-state index contributed by atoms with van der Waals surface area (Å²) in [5, 5.41) is 20.8. The Morgan fingerprint density at radius 1 is 1.06 bits per heavy atom. The fourth-order valence-electron chi connectivity index (χ4n) is 4.38. The molecule has 6 heteroatoms. The van der Waals surface area contributed by atoms with Crippen LogP contribution in [0.4, 0.5) is 4.39 Å². The van der Waals surface area contributed by atoms with Crippen LogP contribution in [0.2, 0.25) is 0 Å². The highest BCUT2D eigenvalue weighted by molar-refractivity contribution is 5.86. The maximum atomic E-state index is 13.5. The van der Waals surface area contributed by atoms with Gasteiger partial charge in [0.15, 0.2) is 17.8 Å². The van der Waals surface area contributed by atoms with Crippen LogP contribution in [0.25, 0.3) is 10.9 Å². The molecule has 5 nitrogen and oxygen atoms in total. The van der Waals surface area contributed by atoms with Crippen LogP contribution in [0, 0.1) is 5.82 Å². The predicted octanol–water partition coefficient (Wildman–Crippen LogP) is 4.50. The Kier molecular flexibility index (Phi) is 4.62.